The third-order valence-corrected chi connectivity index (χ3v) is 4.69. The zero-order chi connectivity index (χ0) is 20.9. The number of alkyl halides is 3. The Morgan fingerprint density at radius 2 is 1.72 bits per heavy atom. The molecule has 0 radical (unpaired) electrons. The molecule has 0 spiro atoms. The second kappa shape index (κ2) is 9.88. The lowest BCUT2D eigenvalue weighted by atomic mass is 10.0. The van der Waals surface area contributed by atoms with E-state index < -0.39 is 24.2 Å². The Morgan fingerprint density at radius 3 is 2.31 bits per heavy atom. The number of benzene rings is 1. The summed E-state index contributed by atoms with van der Waals surface area (Å²) in [4.78, 5) is 0. The molecule has 2 saturated heterocycles. The van der Waals surface area contributed by atoms with Crippen molar-refractivity contribution >= 4 is 0 Å². The first-order valence-electron chi connectivity index (χ1n) is 9.48. The van der Waals surface area contributed by atoms with Crippen LogP contribution in [0.2, 0.25) is 0 Å². The van der Waals surface area contributed by atoms with Crippen molar-refractivity contribution in [3.8, 4) is 5.75 Å². The van der Waals surface area contributed by atoms with Crippen LogP contribution in [0.4, 0.5) is 17.6 Å². The van der Waals surface area contributed by atoms with Crippen molar-refractivity contribution in [2.45, 2.75) is 38.7 Å². The van der Waals surface area contributed by atoms with Gasteiger partial charge in [-0.2, -0.15) is 0 Å². The lowest BCUT2D eigenvalue weighted by Gasteiger charge is -2.32. The first kappa shape index (κ1) is 22.0. The van der Waals surface area contributed by atoms with Crippen LogP contribution in [0.25, 0.3) is 0 Å². The first-order valence-corrected chi connectivity index (χ1v) is 9.48. The van der Waals surface area contributed by atoms with Crippen LogP contribution in [0, 0.1) is 17.7 Å². The van der Waals surface area contributed by atoms with Crippen molar-refractivity contribution in [2.24, 2.45) is 11.8 Å². The minimum Gasteiger partial charge on any atom is -0.403 e. The number of halogens is 4. The van der Waals surface area contributed by atoms with Crippen molar-refractivity contribution in [3.63, 3.8) is 0 Å². The molecule has 0 bridgehead atoms. The highest BCUT2D eigenvalue weighted by Gasteiger charge is 2.33. The highest BCUT2D eigenvalue weighted by atomic mass is 19.4. The summed E-state index contributed by atoms with van der Waals surface area (Å²) in [6.45, 7) is 4.01. The summed E-state index contributed by atoms with van der Waals surface area (Å²) in [5, 5.41) is 0. The number of rotatable bonds is 6. The summed E-state index contributed by atoms with van der Waals surface area (Å²) in [5.41, 5.74) is 0.296. The van der Waals surface area contributed by atoms with Gasteiger partial charge in [0.2, 0.25) is 0 Å². The number of hydrogen-bond donors (Lipinski definition) is 0. The van der Waals surface area contributed by atoms with Gasteiger partial charge in [0, 0.05) is 17.4 Å². The van der Waals surface area contributed by atoms with Gasteiger partial charge < -0.3 is 23.7 Å². The molecule has 29 heavy (non-hydrogen) atoms. The third-order valence-electron chi connectivity index (χ3n) is 4.69. The summed E-state index contributed by atoms with van der Waals surface area (Å²) in [6.07, 6.45) is -0.500. The minimum atomic E-state index is -4.95. The number of ether oxygens (including phenoxy) is 5. The zero-order valence-corrected chi connectivity index (χ0v) is 16.0. The molecule has 2 heterocycles. The zero-order valence-electron chi connectivity index (χ0n) is 16.0. The van der Waals surface area contributed by atoms with Crippen LogP contribution < -0.4 is 4.74 Å². The van der Waals surface area contributed by atoms with Crippen molar-refractivity contribution in [1.82, 2.24) is 0 Å². The van der Waals surface area contributed by atoms with Crippen molar-refractivity contribution in [1.29, 1.82) is 0 Å². The topological polar surface area (TPSA) is 46.2 Å². The Balaban J connectivity index is 1.42. The molecule has 2 aliphatic heterocycles. The van der Waals surface area contributed by atoms with Gasteiger partial charge in [-0.25, -0.2) is 4.39 Å². The maximum Gasteiger partial charge on any atom is 0.573 e. The van der Waals surface area contributed by atoms with E-state index in [-0.39, 0.29) is 18.1 Å². The molecule has 0 unspecified atom stereocenters. The van der Waals surface area contributed by atoms with Crippen LogP contribution in [0.1, 0.15) is 31.6 Å². The predicted octanol–water partition coefficient (Wildman–Crippen LogP) is 4.73. The lowest BCUT2D eigenvalue weighted by Crippen LogP contribution is -2.33. The van der Waals surface area contributed by atoms with E-state index in [1.807, 2.05) is 13.0 Å². The fraction of sp³-hybridized carbons (Fsp3) is 0.600. The molecular formula is C20H24F4O5. The maximum absolute atomic E-state index is 13.8. The molecule has 9 heteroatoms. The summed E-state index contributed by atoms with van der Waals surface area (Å²) in [5.74, 6) is -1.60. The highest BCUT2D eigenvalue weighted by molar-refractivity contribution is 5.30. The lowest BCUT2D eigenvalue weighted by molar-refractivity contribution is -0.275. The van der Waals surface area contributed by atoms with Crippen LogP contribution >= 0.6 is 0 Å². The molecule has 162 valence electrons. The molecule has 0 aromatic heterocycles. The Hall–Kier alpha value is -1.68. The second-order valence-electron chi connectivity index (χ2n) is 7.06. The maximum atomic E-state index is 13.8. The molecule has 0 amide bonds. The molecular weight excluding hydrogens is 396 g/mol. The molecule has 0 aliphatic carbocycles. The van der Waals surface area contributed by atoms with Crippen LogP contribution in [-0.2, 0) is 18.9 Å². The van der Waals surface area contributed by atoms with E-state index in [0.29, 0.717) is 38.4 Å². The molecule has 1 aromatic rings. The highest BCUT2D eigenvalue weighted by Crippen LogP contribution is 2.32. The van der Waals surface area contributed by atoms with Gasteiger partial charge in [0.25, 0.3) is 0 Å². The monoisotopic (exact) mass is 420 g/mol. The van der Waals surface area contributed by atoms with Crippen LogP contribution in [0.15, 0.2) is 30.4 Å². The quantitative estimate of drug-likeness (QED) is 0.492. The number of hydrogen-bond acceptors (Lipinski definition) is 5. The summed E-state index contributed by atoms with van der Waals surface area (Å²) in [6, 6.07) is 3.13. The average molecular weight is 420 g/mol. The van der Waals surface area contributed by atoms with Gasteiger partial charge in [0.05, 0.1) is 26.4 Å². The minimum absolute atomic E-state index is 0.129. The van der Waals surface area contributed by atoms with Crippen molar-refractivity contribution in [2.75, 3.05) is 26.4 Å². The molecule has 0 atom stereocenters. The molecule has 2 aliphatic rings. The van der Waals surface area contributed by atoms with E-state index in [4.69, 9.17) is 18.9 Å². The van der Waals surface area contributed by atoms with Crippen molar-refractivity contribution in [3.05, 3.63) is 41.7 Å². The van der Waals surface area contributed by atoms with Crippen LogP contribution in [-0.4, -0.2) is 39.1 Å². The van der Waals surface area contributed by atoms with E-state index in [1.54, 1.807) is 0 Å². The van der Waals surface area contributed by atoms with Gasteiger partial charge in [-0.1, -0.05) is 18.2 Å². The molecule has 1 aromatic carbocycles. The Kier molecular flexibility index (Phi) is 7.50. The van der Waals surface area contributed by atoms with Crippen LogP contribution in [0.5, 0.6) is 5.75 Å². The van der Waals surface area contributed by atoms with E-state index in [0.717, 1.165) is 18.6 Å². The van der Waals surface area contributed by atoms with Gasteiger partial charge in [0.15, 0.2) is 24.1 Å². The van der Waals surface area contributed by atoms with E-state index in [2.05, 4.69) is 10.8 Å². The third kappa shape index (κ3) is 6.67. The first-order chi connectivity index (χ1) is 13.8. The van der Waals surface area contributed by atoms with Gasteiger partial charge >= 0.3 is 6.36 Å². The molecule has 0 N–H and O–H groups in total. The summed E-state index contributed by atoms with van der Waals surface area (Å²) in [7, 11) is 0. The second-order valence-corrected chi connectivity index (χ2v) is 7.06. The van der Waals surface area contributed by atoms with Crippen molar-refractivity contribution < 1.29 is 41.2 Å². The Bertz CT molecular complexity index is 678. The van der Waals surface area contributed by atoms with Gasteiger partial charge in [0.1, 0.15) is 0 Å². The van der Waals surface area contributed by atoms with E-state index >= 15 is 0 Å². The van der Waals surface area contributed by atoms with E-state index in [1.165, 1.54) is 6.07 Å². The molecule has 5 nitrogen and oxygen atoms in total. The SMILES string of the molecule is C/C=C/C1COC(CCC2COC(c3ccc(OC(F)(F)F)c(F)c3)OC2)OC1. The van der Waals surface area contributed by atoms with E-state index in [9.17, 15) is 17.6 Å². The van der Waals surface area contributed by atoms with Gasteiger partial charge in [-0.15, -0.1) is 13.2 Å². The van der Waals surface area contributed by atoms with Gasteiger partial charge in [-0.05, 0) is 31.9 Å². The average Bonchev–Trinajstić information content (AvgIpc) is 2.69. The Labute approximate surface area is 166 Å². The predicted molar refractivity (Wildman–Crippen MR) is 94.4 cm³/mol. The normalized spacial score (nSPS) is 28.6. The summed E-state index contributed by atoms with van der Waals surface area (Å²) >= 11 is 0. The smallest absolute Gasteiger partial charge is 0.403 e. The van der Waals surface area contributed by atoms with Gasteiger partial charge in [-0.3, -0.25) is 0 Å². The van der Waals surface area contributed by atoms with Crippen LogP contribution in [0.3, 0.4) is 0 Å². The standard InChI is InChI=1S/C20H24F4O5/c1-2-3-13-9-25-18(26-10-13)7-4-14-11-27-19(28-12-14)15-5-6-17(16(21)8-15)29-20(22,23)24/h2-3,5-6,8,13-14,18-19H,4,7,9-12H2,1H3/b3-2+. The number of allylic oxidation sites excluding steroid dienone is 1. The fourth-order valence-electron chi connectivity index (χ4n) is 3.25. The largest absolute Gasteiger partial charge is 0.573 e. The molecule has 2 fully saturated rings. The Morgan fingerprint density at radius 1 is 1.03 bits per heavy atom. The fourth-order valence-corrected chi connectivity index (χ4v) is 3.25. The summed E-state index contributed by atoms with van der Waals surface area (Å²) < 4.78 is 76.8. The molecule has 0 saturated carbocycles. The molecule has 3 rings (SSSR count).